The van der Waals surface area contributed by atoms with Crippen molar-refractivity contribution in [2.45, 2.75) is 19.9 Å². The molecule has 0 amide bonds. The molecule has 0 aliphatic carbocycles. The molecule has 0 atom stereocenters. The largest absolute Gasteiger partial charge is 0.492 e. The van der Waals surface area contributed by atoms with Gasteiger partial charge in [-0.25, -0.2) is 0 Å². The minimum atomic E-state index is 0.640. The fraction of sp³-hybridized carbons (Fsp3) is 0.400. The SMILES string of the molecule is CCNCc1cccc(Br)c1OCCc1ccnn1C. The average Bonchev–Trinajstić information content (AvgIpc) is 2.84. The van der Waals surface area contributed by atoms with Crippen molar-refractivity contribution >= 4 is 15.9 Å². The van der Waals surface area contributed by atoms with Crippen molar-refractivity contribution in [3.63, 3.8) is 0 Å². The van der Waals surface area contributed by atoms with E-state index in [1.807, 2.05) is 36.1 Å². The average molecular weight is 338 g/mol. The Morgan fingerprint density at radius 1 is 1.35 bits per heavy atom. The molecule has 1 N–H and O–H groups in total. The van der Waals surface area contributed by atoms with Crippen LogP contribution in [0.4, 0.5) is 0 Å². The van der Waals surface area contributed by atoms with Crippen LogP contribution in [0.2, 0.25) is 0 Å². The van der Waals surface area contributed by atoms with E-state index in [4.69, 9.17) is 4.74 Å². The fourth-order valence-corrected chi connectivity index (χ4v) is 2.54. The van der Waals surface area contributed by atoms with Crippen LogP contribution in [0, 0.1) is 0 Å². The van der Waals surface area contributed by atoms with Crippen molar-refractivity contribution < 1.29 is 4.74 Å². The monoisotopic (exact) mass is 337 g/mol. The van der Waals surface area contributed by atoms with Crippen LogP contribution in [0.3, 0.4) is 0 Å². The van der Waals surface area contributed by atoms with Crippen LogP contribution in [-0.2, 0) is 20.0 Å². The number of ether oxygens (including phenoxy) is 1. The van der Waals surface area contributed by atoms with Gasteiger partial charge in [-0.1, -0.05) is 19.1 Å². The third-order valence-electron chi connectivity index (χ3n) is 3.14. The smallest absolute Gasteiger partial charge is 0.137 e. The molecule has 0 radical (unpaired) electrons. The standard InChI is InChI=1S/C15H20BrN3O/c1-3-17-11-12-5-4-6-14(16)15(12)20-10-8-13-7-9-18-19(13)2/h4-7,9,17H,3,8,10-11H2,1-2H3. The van der Waals surface area contributed by atoms with E-state index in [0.29, 0.717) is 6.61 Å². The van der Waals surface area contributed by atoms with Crippen LogP contribution in [0.5, 0.6) is 5.75 Å². The van der Waals surface area contributed by atoms with Crippen molar-refractivity contribution in [2.75, 3.05) is 13.2 Å². The Morgan fingerprint density at radius 3 is 2.90 bits per heavy atom. The summed E-state index contributed by atoms with van der Waals surface area (Å²) in [4.78, 5) is 0. The first-order valence-electron chi connectivity index (χ1n) is 6.80. The lowest BCUT2D eigenvalue weighted by Crippen LogP contribution is -2.14. The zero-order valence-electron chi connectivity index (χ0n) is 11.9. The highest BCUT2D eigenvalue weighted by molar-refractivity contribution is 9.10. The lowest BCUT2D eigenvalue weighted by Gasteiger charge is -2.13. The highest BCUT2D eigenvalue weighted by atomic mass is 79.9. The molecule has 4 nitrogen and oxygen atoms in total. The van der Waals surface area contributed by atoms with Crippen LogP contribution in [0.1, 0.15) is 18.2 Å². The molecule has 2 rings (SSSR count). The van der Waals surface area contributed by atoms with Gasteiger partial charge in [0.2, 0.25) is 0 Å². The van der Waals surface area contributed by atoms with E-state index in [2.05, 4.69) is 39.3 Å². The Hall–Kier alpha value is -1.33. The van der Waals surface area contributed by atoms with Gasteiger partial charge in [0, 0.05) is 37.5 Å². The summed E-state index contributed by atoms with van der Waals surface area (Å²) in [5.41, 5.74) is 2.34. The number of benzene rings is 1. The number of aromatic nitrogens is 2. The maximum atomic E-state index is 5.97. The summed E-state index contributed by atoms with van der Waals surface area (Å²) in [5, 5.41) is 7.49. The van der Waals surface area contributed by atoms with Crippen LogP contribution >= 0.6 is 15.9 Å². The Balaban J connectivity index is 1.99. The van der Waals surface area contributed by atoms with E-state index in [9.17, 15) is 0 Å². The molecule has 2 aromatic rings. The Bertz CT molecular complexity index is 554. The minimum Gasteiger partial charge on any atom is -0.492 e. The zero-order chi connectivity index (χ0) is 14.4. The van der Waals surface area contributed by atoms with Crippen molar-refractivity contribution in [3.8, 4) is 5.75 Å². The maximum Gasteiger partial charge on any atom is 0.137 e. The molecule has 0 spiro atoms. The van der Waals surface area contributed by atoms with Crippen LogP contribution in [0.15, 0.2) is 34.9 Å². The number of para-hydroxylation sites is 1. The quantitative estimate of drug-likeness (QED) is 0.844. The topological polar surface area (TPSA) is 39.1 Å². The van der Waals surface area contributed by atoms with Gasteiger partial charge in [-0.15, -0.1) is 0 Å². The van der Waals surface area contributed by atoms with Gasteiger partial charge in [-0.2, -0.15) is 5.10 Å². The highest BCUT2D eigenvalue weighted by Gasteiger charge is 2.08. The number of nitrogens with one attached hydrogen (secondary N) is 1. The summed E-state index contributed by atoms with van der Waals surface area (Å²) in [5.74, 6) is 0.926. The number of halogens is 1. The Morgan fingerprint density at radius 2 is 2.20 bits per heavy atom. The second-order valence-electron chi connectivity index (χ2n) is 4.55. The normalized spacial score (nSPS) is 10.8. The zero-order valence-corrected chi connectivity index (χ0v) is 13.5. The van der Waals surface area contributed by atoms with Gasteiger partial charge < -0.3 is 10.1 Å². The highest BCUT2D eigenvalue weighted by Crippen LogP contribution is 2.29. The first kappa shape index (κ1) is 15.1. The van der Waals surface area contributed by atoms with Crippen molar-refractivity contribution in [2.24, 2.45) is 7.05 Å². The molecule has 0 fully saturated rings. The molecule has 1 aromatic carbocycles. The molecule has 1 heterocycles. The number of hydrogen-bond donors (Lipinski definition) is 1. The second kappa shape index (κ2) is 7.45. The molecule has 1 aromatic heterocycles. The predicted molar refractivity (Wildman–Crippen MR) is 83.9 cm³/mol. The first-order chi connectivity index (χ1) is 9.72. The van der Waals surface area contributed by atoms with Gasteiger partial charge in [0.15, 0.2) is 0 Å². The van der Waals surface area contributed by atoms with Crippen LogP contribution in [0.25, 0.3) is 0 Å². The summed E-state index contributed by atoms with van der Waals surface area (Å²) in [6.07, 6.45) is 2.66. The lowest BCUT2D eigenvalue weighted by molar-refractivity contribution is 0.312. The van der Waals surface area contributed by atoms with Gasteiger partial charge >= 0.3 is 0 Å². The lowest BCUT2D eigenvalue weighted by atomic mass is 10.2. The molecule has 108 valence electrons. The van der Waals surface area contributed by atoms with E-state index >= 15 is 0 Å². The summed E-state index contributed by atoms with van der Waals surface area (Å²) in [7, 11) is 1.95. The van der Waals surface area contributed by atoms with Crippen molar-refractivity contribution in [1.29, 1.82) is 0 Å². The molecule has 0 bridgehead atoms. The number of hydrogen-bond acceptors (Lipinski definition) is 3. The van der Waals surface area contributed by atoms with Crippen molar-refractivity contribution in [1.82, 2.24) is 15.1 Å². The van der Waals surface area contributed by atoms with E-state index in [-0.39, 0.29) is 0 Å². The Labute approximate surface area is 128 Å². The minimum absolute atomic E-state index is 0.640. The summed E-state index contributed by atoms with van der Waals surface area (Å²) < 4.78 is 8.84. The van der Waals surface area contributed by atoms with E-state index in [1.54, 1.807) is 0 Å². The molecular formula is C15H20BrN3O. The molecule has 20 heavy (non-hydrogen) atoms. The molecule has 0 saturated heterocycles. The summed E-state index contributed by atoms with van der Waals surface area (Å²) in [6.45, 7) is 4.50. The van der Waals surface area contributed by atoms with Crippen LogP contribution < -0.4 is 10.1 Å². The van der Waals surface area contributed by atoms with Crippen molar-refractivity contribution in [3.05, 3.63) is 46.2 Å². The number of nitrogens with zero attached hydrogens (tertiary/aromatic N) is 2. The summed E-state index contributed by atoms with van der Waals surface area (Å²) in [6, 6.07) is 8.15. The van der Waals surface area contributed by atoms with Gasteiger partial charge in [0.1, 0.15) is 5.75 Å². The Kier molecular flexibility index (Phi) is 5.61. The number of aryl methyl sites for hydroxylation is 1. The summed E-state index contributed by atoms with van der Waals surface area (Å²) >= 11 is 3.56. The first-order valence-corrected chi connectivity index (χ1v) is 7.59. The molecule has 0 aliphatic rings. The van der Waals surface area contributed by atoms with Crippen LogP contribution in [-0.4, -0.2) is 22.9 Å². The third-order valence-corrected chi connectivity index (χ3v) is 3.77. The van der Waals surface area contributed by atoms with Gasteiger partial charge in [0.25, 0.3) is 0 Å². The van der Waals surface area contributed by atoms with Gasteiger partial charge in [-0.05, 0) is 34.6 Å². The van der Waals surface area contributed by atoms with E-state index < -0.39 is 0 Å². The fourth-order valence-electron chi connectivity index (χ4n) is 2.02. The molecule has 0 aliphatic heterocycles. The van der Waals surface area contributed by atoms with E-state index in [0.717, 1.165) is 29.7 Å². The molecule has 0 saturated carbocycles. The maximum absolute atomic E-state index is 5.97. The van der Waals surface area contributed by atoms with E-state index in [1.165, 1.54) is 11.3 Å². The number of rotatable bonds is 7. The van der Waals surface area contributed by atoms with Gasteiger partial charge in [0.05, 0.1) is 11.1 Å². The second-order valence-corrected chi connectivity index (χ2v) is 5.41. The molecular weight excluding hydrogens is 318 g/mol. The molecule has 0 unspecified atom stereocenters. The molecule has 5 heteroatoms. The third kappa shape index (κ3) is 3.84. The van der Waals surface area contributed by atoms with Gasteiger partial charge in [-0.3, -0.25) is 4.68 Å². The predicted octanol–water partition coefficient (Wildman–Crippen LogP) is 2.91.